The first-order valence-corrected chi connectivity index (χ1v) is 7.37. The highest BCUT2D eigenvalue weighted by molar-refractivity contribution is 6.42. The molecular weight excluding hydrogens is 305 g/mol. The van der Waals surface area contributed by atoms with E-state index in [1.165, 1.54) is 0 Å². The van der Waals surface area contributed by atoms with E-state index in [0.717, 1.165) is 22.0 Å². The summed E-state index contributed by atoms with van der Waals surface area (Å²) in [7, 11) is 0. The number of para-hydroxylation sites is 1. The molecule has 106 valence electrons. The molecule has 0 aliphatic carbocycles. The van der Waals surface area contributed by atoms with Crippen LogP contribution in [-0.2, 0) is 6.42 Å². The van der Waals surface area contributed by atoms with Crippen molar-refractivity contribution in [2.45, 2.75) is 12.5 Å². The number of pyridine rings is 1. The van der Waals surface area contributed by atoms with E-state index in [9.17, 15) is 5.11 Å². The molecule has 0 fully saturated rings. The van der Waals surface area contributed by atoms with Gasteiger partial charge in [-0.05, 0) is 29.3 Å². The van der Waals surface area contributed by atoms with E-state index >= 15 is 0 Å². The molecule has 21 heavy (non-hydrogen) atoms. The molecule has 1 N–H and O–H groups in total. The summed E-state index contributed by atoms with van der Waals surface area (Å²) in [6, 6.07) is 15.0. The van der Waals surface area contributed by atoms with Crippen LogP contribution in [0.15, 0.2) is 54.7 Å². The Morgan fingerprint density at radius 2 is 1.81 bits per heavy atom. The van der Waals surface area contributed by atoms with Crippen LogP contribution < -0.4 is 0 Å². The number of aliphatic hydroxyl groups excluding tert-OH is 1. The second-order valence-electron chi connectivity index (χ2n) is 4.85. The van der Waals surface area contributed by atoms with Gasteiger partial charge in [0, 0.05) is 18.0 Å². The Morgan fingerprint density at radius 1 is 1.00 bits per heavy atom. The van der Waals surface area contributed by atoms with Gasteiger partial charge in [0.05, 0.1) is 21.7 Å². The quantitative estimate of drug-likeness (QED) is 0.751. The van der Waals surface area contributed by atoms with Crippen LogP contribution in [0, 0.1) is 0 Å². The van der Waals surface area contributed by atoms with E-state index in [0.29, 0.717) is 16.5 Å². The lowest BCUT2D eigenvalue weighted by atomic mass is 9.98. The number of nitrogens with zero attached hydrogens (tertiary/aromatic N) is 1. The highest BCUT2D eigenvalue weighted by Crippen LogP contribution is 2.31. The molecule has 1 aromatic heterocycles. The van der Waals surface area contributed by atoms with Gasteiger partial charge in [0.2, 0.25) is 0 Å². The normalized spacial score (nSPS) is 12.5. The van der Waals surface area contributed by atoms with Gasteiger partial charge in [-0.25, -0.2) is 0 Å². The van der Waals surface area contributed by atoms with Crippen molar-refractivity contribution in [1.82, 2.24) is 4.98 Å². The van der Waals surface area contributed by atoms with Crippen LogP contribution in [0.2, 0.25) is 10.0 Å². The Morgan fingerprint density at radius 3 is 2.67 bits per heavy atom. The maximum Gasteiger partial charge on any atom is 0.0838 e. The van der Waals surface area contributed by atoms with Crippen molar-refractivity contribution in [3.8, 4) is 0 Å². The van der Waals surface area contributed by atoms with Gasteiger partial charge in [-0.15, -0.1) is 0 Å². The minimum Gasteiger partial charge on any atom is -0.388 e. The summed E-state index contributed by atoms with van der Waals surface area (Å²) in [5.74, 6) is 0. The van der Waals surface area contributed by atoms with Crippen molar-refractivity contribution in [2.24, 2.45) is 0 Å². The number of hydrogen-bond acceptors (Lipinski definition) is 2. The summed E-state index contributed by atoms with van der Waals surface area (Å²) in [4.78, 5) is 4.30. The first-order valence-electron chi connectivity index (χ1n) is 6.61. The largest absolute Gasteiger partial charge is 0.388 e. The molecule has 0 saturated heterocycles. The Kier molecular flexibility index (Phi) is 4.11. The number of halogens is 2. The second-order valence-corrected chi connectivity index (χ2v) is 5.64. The minimum absolute atomic E-state index is 0.410. The molecule has 1 atom stereocenters. The van der Waals surface area contributed by atoms with Crippen LogP contribution >= 0.6 is 23.2 Å². The van der Waals surface area contributed by atoms with E-state index in [4.69, 9.17) is 23.2 Å². The fourth-order valence-corrected chi connectivity index (χ4v) is 2.83. The molecule has 2 nitrogen and oxygen atoms in total. The molecule has 3 rings (SSSR count). The molecule has 0 bridgehead atoms. The van der Waals surface area contributed by atoms with Crippen LogP contribution in [0.1, 0.15) is 17.2 Å². The average Bonchev–Trinajstić information content (AvgIpc) is 2.51. The van der Waals surface area contributed by atoms with E-state index < -0.39 is 6.10 Å². The summed E-state index contributed by atoms with van der Waals surface area (Å²) in [5, 5.41) is 12.5. The van der Waals surface area contributed by atoms with Crippen molar-refractivity contribution in [3.05, 3.63) is 75.9 Å². The summed E-state index contributed by atoms with van der Waals surface area (Å²) < 4.78 is 0. The molecule has 1 unspecified atom stereocenters. The van der Waals surface area contributed by atoms with Crippen molar-refractivity contribution >= 4 is 34.1 Å². The Labute approximate surface area is 133 Å². The predicted molar refractivity (Wildman–Crippen MR) is 86.9 cm³/mol. The third-order valence-corrected chi connectivity index (χ3v) is 4.34. The predicted octanol–water partition coefficient (Wildman–Crippen LogP) is 4.82. The lowest BCUT2D eigenvalue weighted by molar-refractivity contribution is 0.180. The summed E-state index contributed by atoms with van der Waals surface area (Å²) in [5.41, 5.74) is 2.54. The van der Waals surface area contributed by atoms with Crippen LogP contribution in [0.5, 0.6) is 0 Å². The molecule has 1 heterocycles. The zero-order chi connectivity index (χ0) is 14.8. The first-order chi connectivity index (χ1) is 10.2. The number of fused-ring (bicyclic) bond motifs is 1. The van der Waals surface area contributed by atoms with Gasteiger partial charge < -0.3 is 5.11 Å². The van der Waals surface area contributed by atoms with Gasteiger partial charge in [-0.2, -0.15) is 0 Å². The standard InChI is InChI=1S/C17H13Cl2NO/c18-14-6-3-4-11(17(14)19)10-16(21)13-8-9-20-15-7-2-1-5-12(13)15/h1-9,16,21H,10H2. The summed E-state index contributed by atoms with van der Waals surface area (Å²) in [6.45, 7) is 0. The molecule has 4 heteroatoms. The van der Waals surface area contributed by atoms with Gasteiger partial charge >= 0.3 is 0 Å². The van der Waals surface area contributed by atoms with Gasteiger partial charge in [0.25, 0.3) is 0 Å². The van der Waals surface area contributed by atoms with E-state index in [2.05, 4.69) is 4.98 Å². The van der Waals surface area contributed by atoms with Gasteiger partial charge in [0.1, 0.15) is 0 Å². The molecule has 0 amide bonds. The lowest BCUT2D eigenvalue weighted by Crippen LogP contribution is -2.03. The topological polar surface area (TPSA) is 33.1 Å². The molecule has 0 spiro atoms. The molecule has 2 aromatic carbocycles. The molecule has 0 radical (unpaired) electrons. The van der Waals surface area contributed by atoms with Crippen LogP contribution in [-0.4, -0.2) is 10.1 Å². The molecule has 3 aromatic rings. The number of rotatable bonds is 3. The highest BCUT2D eigenvalue weighted by atomic mass is 35.5. The van der Waals surface area contributed by atoms with E-state index in [1.807, 2.05) is 42.5 Å². The van der Waals surface area contributed by atoms with Crippen molar-refractivity contribution < 1.29 is 5.11 Å². The average molecular weight is 318 g/mol. The van der Waals surface area contributed by atoms with Gasteiger partial charge in [-0.3, -0.25) is 4.98 Å². The van der Waals surface area contributed by atoms with Crippen molar-refractivity contribution in [1.29, 1.82) is 0 Å². The maximum absolute atomic E-state index is 10.6. The third kappa shape index (κ3) is 2.88. The van der Waals surface area contributed by atoms with Crippen molar-refractivity contribution in [3.63, 3.8) is 0 Å². The fraction of sp³-hybridized carbons (Fsp3) is 0.118. The smallest absolute Gasteiger partial charge is 0.0838 e. The Balaban J connectivity index is 1.97. The first kappa shape index (κ1) is 14.3. The van der Waals surface area contributed by atoms with Crippen LogP contribution in [0.4, 0.5) is 0 Å². The Bertz CT molecular complexity index is 783. The minimum atomic E-state index is -0.658. The summed E-state index contributed by atoms with van der Waals surface area (Å²) >= 11 is 12.2. The van der Waals surface area contributed by atoms with E-state index in [-0.39, 0.29) is 0 Å². The Hall–Kier alpha value is -1.61. The summed E-state index contributed by atoms with van der Waals surface area (Å²) in [6.07, 6.45) is 1.46. The lowest BCUT2D eigenvalue weighted by Gasteiger charge is -2.14. The van der Waals surface area contributed by atoms with Crippen LogP contribution in [0.25, 0.3) is 10.9 Å². The highest BCUT2D eigenvalue weighted by Gasteiger charge is 2.15. The van der Waals surface area contributed by atoms with Crippen LogP contribution in [0.3, 0.4) is 0 Å². The number of aromatic nitrogens is 1. The zero-order valence-electron chi connectivity index (χ0n) is 11.1. The zero-order valence-corrected chi connectivity index (χ0v) is 12.6. The SMILES string of the molecule is OC(Cc1cccc(Cl)c1Cl)c1ccnc2ccccc12. The third-order valence-electron chi connectivity index (χ3n) is 3.49. The maximum atomic E-state index is 10.6. The monoisotopic (exact) mass is 317 g/mol. The van der Waals surface area contributed by atoms with Gasteiger partial charge in [-0.1, -0.05) is 53.5 Å². The fourth-order valence-electron chi connectivity index (χ4n) is 2.43. The molecule has 0 saturated carbocycles. The number of aliphatic hydroxyl groups is 1. The number of benzene rings is 2. The molecular formula is C17H13Cl2NO. The van der Waals surface area contributed by atoms with E-state index in [1.54, 1.807) is 12.3 Å². The second kappa shape index (κ2) is 6.02. The number of hydrogen-bond donors (Lipinski definition) is 1. The molecule has 0 aliphatic heterocycles. The van der Waals surface area contributed by atoms with Crippen molar-refractivity contribution in [2.75, 3.05) is 0 Å². The van der Waals surface area contributed by atoms with Gasteiger partial charge in [0.15, 0.2) is 0 Å². The molecule has 0 aliphatic rings.